The van der Waals surface area contributed by atoms with Gasteiger partial charge in [-0.1, -0.05) is 18.2 Å². The predicted octanol–water partition coefficient (Wildman–Crippen LogP) is 2.14. The molecule has 0 fully saturated rings. The summed E-state index contributed by atoms with van der Waals surface area (Å²) >= 11 is 1.14. The van der Waals surface area contributed by atoms with Gasteiger partial charge in [-0.2, -0.15) is 0 Å². The summed E-state index contributed by atoms with van der Waals surface area (Å²) in [4.78, 5) is 22.7. The second-order valence-electron chi connectivity index (χ2n) is 3.12. The van der Waals surface area contributed by atoms with Crippen LogP contribution in [-0.4, -0.2) is 18.5 Å². The van der Waals surface area contributed by atoms with E-state index in [4.69, 9.17) is 10.5 Å². The number of hydrogen-bond acceptors (Lipinski definition) is 4. The van der Waals surface area contributed by atoms with E-state index in [2.05, 4.69) is 0 Å². The van der Waals surface area contributed by atoms with Crippen LogP contribution in [0.25, 0.3) is 0 Å². The minimum Gasteiger partial charge on any atom is -0.457 e. The highest BCUT2D eigenvalue weighted by Crippen LogP contribution is 2.15. The van der Waals surface area contributed by atoms with Crippen molar-refractivity contribution in [2.45, 2.75) is 6.92 Å². The molecule has 0 saturated carbocycles. The molecule has 1 aromatic rings. The van der Waals surface area contributed by atoms with Gasteiger partial charge in [0.05, 0.1) is 5.56 Å². The molecule has 0 aliphatic rings. The van der Waals surface area contributed by atoms with Gasteiger partial charge in [-0.15, -0.1) is 11.3 Å². The van der Waals surface area contributed by atoms with Crippen molar-refractivity contribution in [2.24, 2.45) is 5.73 Å². The van der Waals surface area contributed by atoms with Crippen LogP contribution in [0.15, 0.2) is 35.8 Å². The van der Waals surface area contributed by atoms with E-state index in [0.717, 1.165) is 11.3 Å². The van der Waals surface area contributed by atoms with Crippen molar-refractivity contribution in [1.82, 2.24) is 0 Å². The fraction of sp³-hybridized carbons (Fsp3) is 0.167. The van der Waals surface area contributed by atoms with Crippen LogP contribution in [0.2, 0.25) is 0 Å². The maximum atomic E-state index is 11.5. The molecule has 1 aromatic heterocycles. The number of carbonyl (C=O) groups excluding carboxylic acids is 2. The number of rotatable bonds is 5. The average molecular weight is 251 g/mol. The molecule has 90 valence electrons. The maximum absolute atomic E-state index is 11.5. The van der Waals surface area contributed by atoms with Crippen molar-refractivity contribution in [3.05, 3.63) is 46.2 Å². The van der Waals surface area contributed by atoms with Crippen LogP contribution in [0, 0.1) is 0 Å². The molecule has 17 heavy (non-hydrogen) atoms. The summed E-state index contributed by atoms with van der Waals surface area (Å²) in [5.41, 5.74) is 5.40. The number of primary amides is 1. The minimum atomic E-state index is -0.548. The molecular formula is C12H13NO3S. The van der Waals surface area contributed by atoms with E-state index in [0.29, 0.717) is 10.4 Å². The van der Waals surface area contributed by atoms with Gasteiger partial charge < -0.3 is 10.5 Å². The number of ether oxygens (including phenoxy) is 1. The topological polar surface area (TPSA) is 69.4 Å². The zero-order chi connectivity index (χ0) is 12.7. The Morgan fingerprint density at radius 3 is 2.82 bits per heavy atom. The molecule has 2 N–H and O–H groups in total. The highest BCUT2D eigenvalue weighted by Gasteiger charge is 2.12. The normalized spacial score (nSPS) is 11.1. The van der Waals surface area contributed by atoms with Crippen LogP contribution in [0.1, 0.15) is 27.0 Å². The lowest BCUT2D eigenvalue weighted by Gasteiger charge is -1.97. The van der Waals surface area contributed by atoms with Gasteiger partial charge in [0.2, 0.25) is 5.91 Å². The monoisotopic (exact) mass is 251 g/mol. The Bertz CT molecular complexity index is 460. The smallest absolute Gasteiger partial charge is 0.348 e. The number of amides is 1. The van der Waals surface area contributed by atoms with E-state index in [1.807, 2.05) is 19.1 Å². The van der Waals surface area contributed by atoms with E-state index in [1.165, 1.54) is 11.4 Å². The molecule has 0 aliphatic heterocycles. The number of thiophene rings is 1. The standard InChI is InChI=1S/C12H13NO3S/c1-2-3-4-5-6-16-12(15)10-7-9(8-17-10)11(13)14/h2-5,7-8H,6H2,1H3,(H2,13,14)/b3-2+,5-4+. The first-order valence-corrected chi connectivity index (χ1v) is 5.86. The number of hydrogen-bond donors (Lipinski definition) is 1. The van der Waals surface area contributed by atoms with Crippen LogP contribution in [-0.2, 0) is 4.74 Å². The Hall–Kier alpha value is -1.88. The van der Waals surface area contributed by atoms with Gasteiger partial charge in [0.1, 0.15) is 11.5 Å². The van der Waals surface area contributed by atoms with E-state index in [1.54, 1.807) is 12.2 Å². The maximum Gasteiger partial charge on any atom is 0.348 e. The molecule has 4 nitrogen and oxygen atoms in total. The SMILES string of the molecule is C/C=C/C=C/COC(=O)c1cc(C(N)=O)cs1. The average Bonchev–Trinajstić information content (AvgIpc) is 2.78. The summed E-state index contributed by atoms with van der Waals surface area (Å²) in [5, 5.41) is 1.54. The summed E-state index contributed by atoms with van der Waals surface area (Å²) in [6.07, 6.45) is 7.22. The zero-order valence-corrected chi connectivity index (χ0v) is 10.2. The fourth-order valence-electron chi connectivity index (χ4n) is 1.01. The van der Waals surface area contributed by atoms with Crippen molar-refractivity contribution in [3.63, 3.8) is 0 Å². The summed E-state index contributed by atoms with van der Waals surface area (Å²) in [6.45, 7) is 2.10. The summed E-state index contributed by atoms with van der Waals surface area (Å²) in [7, 11) is 0. The molecule has 0 bridgehead atoms. The predicted molar refractivity (Wildman–Crippen MR) is 67.1 cm³/mol. The van der Waals surface area contributed by atoms with Crippen molar-refractivity contribution in [3.8, 4) is 0 Å². The first-order chi connectivity index (χ1) is 8.15. The molecule has 1 heterocycles. The summed E-state index contributed by atoms with van der Waals surface area (Å²) in [6, 6.07) is 1.44. The first kappa shape index (κ1) is 13.2. The van der Waals surface area contributed by atoms with E-state index in [-0.39, 0.29) is 6.61 Å². The molecule has 0 radical (unpaired) electrons. The molecule has 0 aliphatic carbocycles. The van der Waals surface area contributed by atoms with Crippen LogP contribution in [0.5, 0.6) is 0 Å². The number of carbonyl (C=O) groups is 2. The Balaban J connectivity index is 2.49. The molecule has 0 unspecified atom stereocenters. The van der Waals surface area contributed by atoms with Crippen LogP contribution in [0.4, 0.5) is 0 Å². The third kappa shape index (κ3) is 4.24. The lowest BCUT2D eigenvalue weighted by molar-refractivity contribution is 0.0555. The third-order valence-electron chi connectivity index (χ3n) is 1.84. The zero-order valence-electron chi connectivity index (χ0n) is 9.38. The Kier molecular flexibility index (Phi) is 5.16. The second kappa shape index (κ2) is 6.65. The molecule has 0 aromatic carbocycles. The van der Waals surface area contributed by atoms with Crippen molar-refractivity contribution >= 4 is 23.2 Å². The summed E-state index contributed by atoms with van der Waals surface area (Å²) in [5.74, 6) is -0.999. The number of nitrogens with two attached hydrogens (primary N) is 1. The lowest BCUT2D eigenvalue weighted by Crippen LogP contribution is -2.09. The quantitative estimate of drug-likeness (QED) is 0.644. The third-order valence-corrected chi connectivity index (χ3v) is 2.75. The van der Waals surface area contributed by atoms with Crippen LogP contribution >= 0.6 is 11.3 Å². The molecule has 1 amide bonds. The van der Waals surface area contributed by atoms with E-state index in [9.17, 15) is 9.59 Å². The van der Waals surface area contributed by atoms with Crippen LogP contribution in [0.3, 0.4) is 0 Å². The first-order valence-electron chi connectivity index (χ1n) is 4.98. The minimum absolute atomic E-state index is 0.201. The molecule has 0 saturated heterocycles. The second-order valence-corrected chi connectivity index (χ2v) is 4.03. The number of allylic oxidation sites excluding steroid dienone is 3. The van der Waals surface area contributed by atoms with Gasteiger partial charge in [0.25, 0.3) is 0 Å². The van der Waals surface area contributed by atoms with Gasteiger partial charge in [-0.3, -0.25) is 4.79 Å². The van der Waals surface area contributed by atoms with Gasteiger partial charge in [0, 0.05) is 5.38 Å². The lowest BCUT2D eigenvalue weighted by atomic mass is 10.3. The van der Waals surface area contributed by atoms with Crippen molar-refractivity contribution < 1.29 is 14.3 Å². The van der Waals surface area contributed by atoms with Crippen molar-refractivity contribution in [1.29, 1.82) is 0 Å². The molecule has 0 atom stereocenters. The molecule has 0 spiro atoms. The largest absolute Gasteiger partial charge is 0.457 e. The van der Waals surface area contributed by atoms with Crippen molar-refractivity contribution in [2.75, 3.05) is 6.61 Å². The summed E-state index contributed by atoms with van der Waals surface area (Å²) < 4.78 is 4.97. The van der Waals surface area contributed by atoms with Gasteiger partial charge >= 0.3 is 5.97 Å². The Morgan fingerprint density at radius 2 is 2.24 bits per heavy atom. The molecular weight excluding hydrogens is 238 g/mol. The Morgan fingerprint density at radius 1 is 1.47 bits per heavy atom. The fourth-order valence-corrected chi connectivity index (χ4v) is 1.80. The highest BCUT2D eigenvalue weighted by atomic mass is 32.1. The Labute approximate surface area is 103 Å². The molecule has 1 rings (SSSR count). The van der Waals surface area contributed by atoms with E-state index < -0.39 is 11.9 Å². The van der Waals surface area contributed by atoms with Crippen LogP contribution < -0.4 is 5.73 Å². The van der Waals surface area contributed by atoms with E-state index >= 15 is 0 Å². The number of esters is 1. The van der Waals surface area contributed by atoms with Gasteiger partial charge in [0.15, 0.2) is 0 Å². The molecule has 5 heteroatoms. The van der Waals surface area contributed by atoms with Gasteiger partial charge in [-0.05, 0) is 19.1 Å². The highest BCUT2D eigenvalue weighted by molar-refractivity contribution is 7.12. The van der Waals surface area contributed by atoms with Gasteiger partial charge in [-0.25, -0.2) is 4.79 Å².